The number of hydrogen-bond donors (Lipinski definition) is 0. The molecule has 0 aromatic heterocycles. The molecule has 0 nitrogen and oxygen atoms in total. The minimum atomic E-state index is 1.02. The van der Waals surface area contributed by atoms with E-state index in [4.69, 9.17) is 0 Å². The molecule has 3 aliphatic carbocycles. The van der Waals surface area contributed by atoms with Crippen LogP contribution in [0.25, 0.3) is 0 Å². The van der Waals surface area contributed by atoms with Crippen molar-refractivity contribution in [2.24, 2.45) is 11.8 Å². The lowest BCUT2D eigenvalue weighted by molar-refractivity contribution is 0.325. The fourth-order valence-corrected chi connectivity index (χ4v) is 4.09. The van der Waals surface area contributed by atoms with E-state index in [0.29, 0.717) is 0 Å². The van der Waals surface area contributed by atoms with Gasteiger partial charge < -0.3 is 0 Å². The second-order valence-electron chi connectivity index (χ2n) is 6.23. The van der Waals surface area contributed by atoms with Gasteiger partial charge in [0.25, 0.3) is 0 Å². The minimum Gasteiger partial charge on any atom is -0.0698 e. The molecule has 0 atom stereocenters. The third-order valence-electron chi connectivity index (χ3n) is 5.00. The quantitative estimate of drug-likeness (QED) is 0.556. The summed E-state index contributed by atoms with van der Waals surface area (Å²) in [6.45, 7) is 0. The van der Waals surface area contributed by atoms with Crippen LogP contribution in [0.2, 0.25) is 0 Å². The van der Waals surface area contributed by atoms with Crippen LogP contribution in [0.3, 0.4) is 0 Å². The molecule has 3 rings (SSSR count). The van der Waals surface area contributed by atoms with Gasteiger partial charge in [-0.05, 0) is 50.4 Å². The van der Waals surface area contributed by atoms with Gasteiger partial charge in [0, 0.05) is 0 Å². The zero-order valence-corrected chi connectivity index (χ0v) is 10.6. The SMILES string of the molecule is C1CCC(C(=C2CC2)C2CCCCC2)CC1. The normalized spacial score (nSPS) is 28.1. The topological polar surface area (TPSA) is 0 Å². The molecular weight excluding hydrogens is 192 g/mol. The molecule has 0 N–H and O–H groups in total. The van der Waals surface area contributed by atoms with Crippen molar-refractivity contribution in [1.82, 2.24) is 0 Å². The molecule has 0 aliphatic heterocycles. The van der Waals surface area contributed by atoms with Crippen LogP contribution in [0.15, 0.2) is 11.1 Å². The van der Waals surface area contributed by atoms with Gasteiger partial charge >= 0.3 is 0 Å². The summed E-state index contributed by atoms with van der Waals surface area (Å²) in [6.07, 6.45) is 18.1. The standard InChI is InChI=1S/C16H26/c1-3-7-13(8-4-1)16(15-11-12-15)14-9-5-2-6-10-14/h13-14H,1-12H2. The average molecular weight is 218 g/mol. The Balaban J connectivity index is 1.73. The molecule has 0 saturated heterocycles. The first-order chi connectivity index (χ1) is 7.95. The summed E-state index contributed by atoms with van der Waals surface area (Å²) in [5, 5.41) is 0. The smallest absolute Gasteiger partial charge is 0.0198 e. The molecule has 0 heterocycles. The largest absolute Gasteiger partial charge is 0.0698 e. The van der Waals surface area contributed by atoms with Crippen LogP contribution >= 0.6 is 0 Å². The summed E-state index contributed by atoms with van der Waals surface area (Å²) in [5.74, 6) is 2.05. The van der Waals surface area contributed by atoms with Crippen LogP contribution in [0.4, 0.5) is 0 Å². The summed E-state index contributed by atoms with van der Waals surface area (Å²) < 4.78 is 0. The van der Waals surface area contributed by atoms with Gasteiger partial charge in [-0.25, -0.2) is 0 Å². The predicted molar refractivity (Wildman–Crippen MR) is 69.4 cm³/mol. The molecule has 3 fully saturated rings. The highest BCUT2D eigenvalue weighted by Crippen LogP contribution is 2.46. The summed E-state index contributed by atoms with van der Waals surface area (Å²) in [4.78, 5) is 0. The van der Waals surface area contributed by atoms with E-state index in [1.165, 1.54) is 77.0 Å². The van der Waals surface area contributed by atoms with Crippen LogP contribution < -0.4 is 0 Å². The van der Waals surface area contributed by atoms with Crippen LogP contribution in [-0.4, -0.2) is 0 Å². The summed E-state index contributed by atoms with van der Waals surface area (Å²) in [6, 6.07) is 0. The summed E-state index contributed by atoms with van der Waals surface area (Å²) >= 11 is 0. The molecule has 0 amide bonds. The maximum atomic E-state index is 2.00. The van der Waals surface area contributed by atoms with Gasteiger partial charge in [0.2, 0.25) is 0 Å². The van der Waals surface area contributed by atoms with Crippen LogP contribution in [0, 0.1) is 11.8 Å². The van der Waals surface area contributed by atoms with E-state index in [0.717, 1.165) is 11.8 Å². The van der Waals surface area contributed by atoms with Crippen molar-refractivity contribution in [3.05, 3.63) is 11.1 Å². The van der Waals surface area contributed by atoms with Gasteiger partial charge in [0.1, 0.15) is 0 Å². The Kier molecular flexibility index (Phi) is 3.35. The lowest BCUT2D eigenvalue weighted by atomic mass is 9.73. The average Bonchev–Trinajstić information content (AvgIpc) is 3.17. The van der Waals surface area contributed by atoms with E-state index in [9.17, 15) is 0 Å². The maximum Gasteiger partial charge on any atom is -0.0198 e. The van der Waals surface area contributed by atoms with Crippen molar-refractivity contribution < 1.29 is 0 Å². The van der Waals surface area contributed by atoms with Crippen LogP contribution in [-0.2, 0) is 0 Å². The molecule has 3 aliphatic rings. The first-order valence-corrected chi connectivity index (χ1v) is 7.67. The number of hydrogen-bond acceptors (Lipinski definition) is 0. The van der Waals surface area contributed by atoms with Crippen LogP contribution in [0.5, 0.6) is 0 Å². The Morgan fingerprint density at radius 3 is 1.44 bits per heavy atom. The summed E-state index contributed by atoms with van der Waals surface area (Å²) in [5.41, 5.74) is 3.90. The molecule has 3 saturated carbocycles. The molecule has 0 radical (unpaired) electrons. The predicted octanol–water partition coefficient (Wildman–Crippen LogP) is 5.24. The first-order valence-electron chi connectivity index (χ1n) is 7.67. The Hall–Kier alpha value is -0.260. The third kappa shape index (κ3) is 2.36. The highest BCUT2D eigenvalue weighted by molar-refractivity contribution is 5.29. The van der Waals surface area contributed by atoms with Crippen molar-refractivity contribution in [1.29, 1.82) is 0 Å². The minimum absolute atomic E-state index is 1.02. The Bertz CT molecular complexity index is 236. The lowest BCUT2D eigenvalue weighted by Crippen LogP contribution is -2.18. The van der Waals surface area contributed by atoms with Crippen molar-refractivity contribution >= 4 is 0 Å². The monoisotopic (exact) mass is 218 g/mol. The van der Waals surface area contributed by atoms with Gasteiger partial charge in [0.05, 0.1) is 0 Å². The molecular formula is C16H26. The van der Waals surface area contributed by atoms with Crippen molar-refractivity contribution in [2.45, 2.75) is 77.0 Å². The van der Waals surface area contributed by atoms with E-state index in [-0.39, 0.29) is 0 Å². The zero-order chi connectivity index (χ0) is 10.8. The molecule has 0 spiro atoms. The van der Waals surface area contributed by atoms with E-state index in [1.807, 2.05) is 11.1 Å². The molecule has 0 heteroatoms. The molecule has 16 heavy (non-hydrogen) atoms. The molecule has 90 valence electrons. The Morgan fingerprint density at radius 2 is 1.06 bits per heavy atom. The molecule has 0 unspecified atom stereocenters. The zero-order valence-electron chi connectivity index (χ0n) is 10.6. The Labute approximate surface area is 101 Å². The van der Waals surface area contributed by atoms with Gasteiger partial charge in [0.15, 0.2) is 0 Å². The van der Waals surface area contributed by atoms with Gasteiger partial charge in [-0.2, -0.15) is 0 Å². The highest BCUT2D eigenvalue weighted by atomic mass is 14.4. The number of rotatable bonds is 2. The lowest BCUT2D eigenvalue weighted by Gasteiger charge is -2.32. The number of allylic oxidation sites excluding steroid dienone is 2. The maximum absolute atomic E-state index is 2.00. The first kappa shape index (κ1) is 10.9. The fraction of sp³-hybridized carbons (Fsp3) is 0.875. The second kappa shape index (κ2) is 4.94. The molecule has 0 aromatic rings. The highest BCUT2D eigenvalue weighted by Gasteiger charge is 2.31. The molecule has 0 bridgehead atoms. The molecule has 0 aromatic carbocycles. The van der Waals surface area contributed by atoms with Crippen molar-refractivity contribution in [2.75, 3.05) is 0 Å². The van der Waals surface area contributed by atoms with Gasteiger partial charge in [-0.1, -0.05) is 49.7 Å². The van der Waals surface area contributed by atoms with E-state index < -0.39 is 0 Å². The second-order valence-corrected chi connectivity index (χ2v) is 6.23. The van der Waals surface area contributed by atoms with Crippen LogP contribution in [0.1, 0.15) is 77.0 Å². The van der Waals surface area contributed by atoms with Crippen molar-refractivity contribution in [3.8, 4) is 0 Å². The van der Waals surface area contributed by atoms with E-state index in [1.54, 1.807) is 0 Å². The third-order valence-corrected chi connectivity index (χ3v) is 5.00. The van der Waals surface area contributed by atoms with E-state index >= 15 is 0 Å². The Morgan fingerprint density at radius 1 is 0.625 bits per heavy atom. The fourth-order valence-electron chi connectivity index (χ4n) is 4.09. The van der Waals surface area contributed by atoms with Crippen molar-refractivity contribution in [3.63, 3.8) is 0 Å². The van der Waals surface area contributed by atoms with Gasteiger partial charge in [-0.15, -0.1) is 0 Å². The van der Waals surface area contributed by atoms with E-state index in [2.05, 4.69) is 0 Å². The van der Waals surface area contributed by atoms with Gasteiger partial charge in [-0.3, -0.25) is 0 Å². The summed E-state index contributed by atoms with van der Waals surface area (Å²) in [7, 11) is 0.